The topological polar surface area (TPSA) is 76.1 Å². The Bertz CT molecular complexity index is 851. The van der Waals surface area contributed by atoms with E-state index < -0.39 is 0 Å². The van der Waals surface area contributed by atoms with Crippen LogP contribution in [0.1, 0.15) is 26.3 Å². The van der Waals surface area contributed by atoms with Crippen LogP contribution in [-0.2, 0) is 4.74 Å². The fourth-order valence-corrected chi connectivity index (χ4v) is 2.79. The van der Waals surface area contributed by atoms with Crippen molar-refractivity contribution in [1.29, 1.82) is 0 Å². The lowest BCUT2D eigenvalue weighted by Crippen LogP contribution is -2.40. The number of methoxy groups -OCH3 is 1. The lowest BCUT2D eigenvalue weighted by molar-refractivity contribution is 0.0303. The number of hydrogen-bond donors (Lipinski definition) is 1. The van der Waals surface area contributed by atoms with Gasteiger partial charge in [-0.2, -0.15) is 0 Å². The zero-order valence-electron chi connectivity index (χ0n) is 15.1. The average molecular weight is 367 g/mol. The molecule has 0 bridgehead atoms. The molecule has 1 aliphatic heterocycles. The van der Waals surface area contributed by atoms with Gasteiger partial charge in [0.15, 0.2) is 5.78 Å². The summed E-state index contributed by atoms with van der Waals surface area (Å²) in [5.74, 6) is 0.0145. The summed E-state index contributed by atoms with van der Waals surface area (Å²) in [6.45, 7) is 2.32. The van der Waals surface area contributed by atoms with Crippen molar-refractivity contribution in [2.75, 3.05) is 33.4 Å². The average Bonchev–Trinajstić information content (AvgIpc) is 2.72. The number of allylic oxidation sites excluding steroid dienone is 1. The second kappa shape index (κ2) is 8.51. The highest BCUT2D eigenvalue weighted by Crippen LogP contribution is 2.24. The first-order valence-electron chi connectivity index (χ1n) is 8.65. The Hall–Kier alpha value is -3.12. The van der Waals surface area contributed by atoms with Gasteiger partial charge < -0.3 is 19.5 Å². The minimum absolute atomic E-state index is 0.0203. The third kappa shape index (κ3) is 4.54. The predicted octanol–water partition coefficient (Wildman–Crippen LogP) is 2.77. The summed E-state index contributed by atoms with van der Waals surface area (Å²) >= 11 is 0. The van der Waals surface area contributed by atoms with Crippen LogP contribution in [-0.4, -0.2) is 55.1 Å². The van der Waals surface area contributed by atoms with Gasteiger partial charge in [-0.25, -0.2) is 0 Å². The van der Waals surface area contributed by atoms with E-state index in [9.17, 15) is 14.7 Å². The maximum absolute atomic E-state index is 12.4. The van der Waals surface area contributed by atoms with Crippen LogP contribution in [0.3, 0.4) is 0 Å². The number of ketones is 1. The summed E-state index contributed by atoms with van der Waals surface area (Å²) < 4.78 is 10.3. The molecule has 1 heterocycles. The monoisotopic (exact) mass is 367 g/mol. The van der Waals surface area contributed by atoms with E-state index in [-0.39, 0.29) is 23.0 Å². The van der Waals surface area contributed by atoms with E-state index in [2.05, 4.69) is 0 Å². The molecule has 1 fully saturated rings. The SMILES string of the molecule is COc1ccc(C(=O)/C=C/c2ccc(C(=O)N3CCOCC3)cc2)c(O)c1. The van der Waals surface area contributed by atoms with E-state index in [4.69, 9.17) is 9.47 Å². The third-order valence-electron chi connectivity index (χ3n) is 4.35. The molecular formula is C21H21NO5. The van der Waals surface area contributed by atoms with Crippen LogP contribution >= 0.6 is 0 Å². The van der Waals surface area contributed by atoms with Crippen molar-refractivity contribution in [2.45, 2.75) is 0 Å². The van der Waals surface area contributed by atoms with Gasteiger partial charge in [0, 0.05) is 24.7 Å². The molecule has 0 radical (unpaired) electrons. The van der Waals surface area contributed by atoms with Gasteiger partial charge in [-0.05, 0) is 35.9 Å². The van der Waals surface area contributed by atoms with Gasteiger partial charge in [0.05, 0.1) is 25.9 Å². The van der Waals surface area contributed by atoms with Crippen LogP contribution in [0.2, 0.25) is 0 Å². The van der Waals surface area contributed by atoms with Gasteiger partial charge in [-0.15, -0.1) is 0 Å². The normalized spacial score (nSPS) is 14.3. The number of hydrogen-bond acceptors (Lipinski definition) is 5. The number of rotatable bonds is 5. The third-order valence-corrected chi connectivity index (χ3v) is 4.35. The van der Waals surface area contributed by atoms with Crippen molar-refractivity contribution in [1.82, 2.24) is 4.90 Å². The molecule has 27 heavy (non-hydrogen) atoms. The minimum Gasteiger partial charge on any atom is -0.507 e. The zero-order valence-corrected chi connectivity index (χ0v) is 15.1. The van der Waals surface area contributed by atoms with E-state index in [0.29, 0.717) is 37.6 Å². The molecule has 3 rings (SSSR count). The molecule has 1 N–H and O–H groups in total. The van der Waals surface area contributed by atoms with Crippen molar-refractivity contribution >= 4 is 17.8 Å². The van der Waals surface area contributed by atoms with E-state index in [0.717, 1.165) is 5.56 Å². The van der Waals surface area contributed by atoms with Gasteiger partial charge in [-0.3, -0.25) is 9.59 Å². The van der Waals surface area contributed by atoms with Gasteiger partial charge in [0.2, 0.25) is 0 Å². The van der Waals surface area contributed by atoms with Crippen molar-refractivity contribution in [2.24, 2.45) is 0 Å². The number of benzene rings is 2. The molecule has 2 aromatic carbocycles. The first-order chi connectivity index (χ1) is 13.1. The van der Waals surface area contributed by atoms with E-state index in [1.807, 2.05) is 0 Å². The fourth-order valence-electron chi connectivity index (χ4n) is 2.79. The lowest BCUT2D eigenvalue weighted by atomic mass is 10.1. The van der Waals surface area contributed by atoms with Crippen LogP contribution in [0.4, 0.5) is 0 Å². The highest BCUT2D eigenvalue weighted by atomic mass is 16.5. The van der Waals surface area contributed by atoms with E-state index in [1.165, 1.54) is 25.3 Å². The molecule has 1 saturated heterocycles. The number of nitrogens with zero attached hydrogens (tertiary/aromatic N) is 1. The second-order valence-electron chi connectivity index (χ2n) is 6.11. The van der Waals surface area contributed by atoms with Crippen LogP contribution in [0.15, 0.2) is 48.5 Å². The molecule has 0 unspecified atom stereocenters. The summed E-state index contributed by atoms with van der Waals surface area (Å²) in [7, 11) is 1.49. The van der Waals surface area contributed by atoms with Crippen molar-refractivity contribution in [3.05, 3.63) is 65.2 Å². The molecule has 6 heteroatoms. The summed E-state index contributed by atoms with van der Waals surface area (Å²) in [4.78, 5) is 26.4. The molecule has 1 aliphatic rings. The number of aromatic hydroxyl groups is 1. The van der Waals surface area contributed by atoms with Crippen LogP contribution in [0.5, 0.6) is 11.5 Å². The molecule has 1 amide bonds. The first kappa shape index (κ1) is 18.7. The Morgan fingerprint density at radius 2 is 1.81 bits per heavy atom. The Balaban J connectivity index is 1.67. The summed E-state index contributed by atoms with van der Waals surface area (Å²) in [5, 5.41) is 9.93. The molecule has 0 aliphatic carbocycles. The number of phenolic OH excluding ortho intramolecular Hbond substituents is 1. The molecular weight excluding hydrogens is 346 g/mol. The Morgan fingerprint density at radius 3 is 2.44 bits per heavy atom. The highest BCUT2D eigenvalue weighted by molar-refractivity contribution is 6.08. The largest absolute Gasteiger partial charge is 0.507 e. The second-order valence-corrected chi connectivity index (χ2v) is 6.11. The number of morpholine rings is 1. The van der Waals surface area contributed by atoms with Crippen molar-refractivity contribution in [3.8, 4) is 11.5 Å². The summed E-state index contributed by atoms with van der Waals surface area (Å²) in [5.41, 5.74) is 1.59. The lowest BCUT2D eigenvalue weighted by Gasteiger charge is -2.26. The molecule has 0 saturated carbocycles. The summed E-state index contributed by atoms with van der Waals surface area (Å²) in [6, 6.07) is 11.6. The van der Waals surface area contributed by atoms with Crippen LogP contribution in [0, 0.1) is 0 Å². The van der Waals surface area contributed by atoms with Gasteiger partial charge in [0.1, 0.15) is 11.5 Å². The zero-order chi connectivity index (χ0) is 19.2. The number of amides is 1. The molecule has 0 atom stereocenters. The van der Waals surface area contributed by atoms with Gasteiger partial charge >= 0.3 is 0 Å². The fraction of sp³-hybridized carbons (Fsp3) is 0.238. The number of carbonyl (C=O) groups excluding carboxylic acids is 2. The Labute approximate surface area is 157 Å². The van der Waals surface area contributed by atoms with Crippen LogP contribution in [0.25, 0.3) is 6.08 Å². The maximum Gasteiger partial charge on any atom is 0.254 e. The van der Waals surface area contributed by atoms with Gasteiger partial charge in [-0.1, -0.05) is 18.2 Å². The number of ether oxygens (including phenoxy) is 2. The number of carbonyl (C=O) groups is 2. The Morgan fingerprint density at radius 1 is 1.11 bits per heavy atom. The quantitative estimate of drug-likeness (QED) is 0.650. The van der Waals surface area contributed by atoms with E-state index >= 15 is 0 Å². The predicted molar refractivity (Wildman–Crippen MR) is 101 cm³/mol. The maximum atomic E-state index is 12.4. The highest BCUT2D eigenvalue weighted by Gasteiger charge is 2.18. The molecule has 0 spiro atoms. The van der Waals surface area contributed by atoms with E-state index in [1.54, 1.807) is 41.3 Å². The molecule has 0 aromatic heterocycles. The number of phenols is 1. The van der Waals surface area contributed by atoms with Crippen molar-refractivity contribution in [3.63, 3.8) is 0 Å². The summed E-state index contributed by atoms with van der Waals surface area (Å²) in [6.07, 6.45) is 3.04. The molecule has 6 nitrogen and oxygen atoms in total. The van der Waals surface area contributed by atoms with Crippen LogP contribution < -0.4 is 4.74 Å². The standard InChI is InChI=1S/C21H21NO5/c1-26-17-7-8-18(20(24)14-17)19(23)9-4-15-2-5-16(6-3-15)21(25)22-10-12-27-13-11-22/h2-9,14,24H,10-13H2,1H3/b9-4+. The molecule has 140 valence electrons. The Kier molecular flexibility index (Phi) is 5.88. The minimum atomic E-state index is -0.316. The van der Waals surface area contributed by atoms with Gasteiger partial charge in [0.25, 0.3) is 5.91 Å². The first-order valence-corrected chi connectivity index (χ1v) is 8.65. The smallest absolute Gasteiger partial charge is 0.254 e. The van der Waals surface area contributed by atoms with Crippen molar-refractivity contribution < 1.29 is 24.2 Å². The molecule has 2 aromatic rings.